The van der Waals surface area contributed by atoms with Gasteiger partial charge in [-0.1, -0.05) is 30.3 Å². The van der Waals surface area contributed by atoms with Crippen molar-refractivity contribution in [3.63, 3.8) is 0 Å². The molecule has 3 rings (SSSR count). The monoisotopic (exact) mass is 337 g/mol. The number of ether oxygens (including phenoxy) is 1. The van der Waals surface area contributed by atoms with Crippen molar-refractivity contribution in [3.05, 3.63) is 70.6 Å². The summed E-state index contributed by atoms with van der Waals surface area (Å²) in [6, 6.07) is 14.9. The quantitative estimate of drug-likeness (QED) is 0.744. The molecule has 0 saturated heterocycles. The number of methoxy groups -OCH3 is 1. The van der Waals surface area contributed by atoms with Crippen molar-refractivity contribution < 1.29 is 9.53 Å². The van der Waals surface area contributed by atoms with Crippen LogP contribution in [0, 0.1) is 0 Å². The zero-order valence-electron chi connectivity index (χ0n) is 13.9. The average Bonchev–Trinajstić information content (AvgIpc) is 2.64. The molecule has 0 bridgehead atoms. The number of hydrogen-bond acceptors (Lipinski definition) is 4. The van der Waals surface area contributed by atoms with Crippen LogP contribution >= 0.6 is 0 Å². The molecule has 2 aromatic carbocycles. The van der Waals surface area contributed by atoms with Gasteiger partial charge in [0.05, 0.1) is 24.3 Å². The Kier molecular flexibility index (Phi) is 5.09. The van der Waals surface area contributed by atoms with Gasteiger partial charge in [0.25, 0.3) is 5.56 Å². The highest BCUT2D eigenvalue weighted by Gasteiger charge is 2.09. The molecule has 1 aromatic heterocycles. The summed E-state index contributed by atoms with van der Waals surface area (Å²) in [6.45, 7) is 0.435. The molecule has 0 fully saturated rings. The van der Waals surface area contributed by atoms with Crippen LogP contribution in [0.4, 0.5) is 0 Å². The van der Waals surface area contributed by atoms with Gasteiger partial charge >= 0.3 is 0 Å². The Morgan fingerprint density at radius 1 is 1.16 bits per heavy atom. The summed E-state index contributed by atoms with van der Waals surface area (Å²) in [4.78, 5) is 28.4. The van der Waals surface area contributed by atoms with Crippen LogP contribution in [0.25, 0.3) is 11.0 Å². The van der Waals surface area contributed by atoms with Gasteiger partial charge in [0.1, 0.15) is 12.3 Å². The number of aromatic nitrogens is 2. The van der Waals surface area contributed by atoms with E-state index in [1.165, 1.54) is 10.8 Å². The van der Waals surface area contributed by atoms with E-state index in [0.29, 0.717) is 24.0 Å². The molecule has 1 N–H and O–H groups in total. The third-order valence-corrected chi connectivity index (χ3v) is 3.96. The molecule has 3 aromatic rings. The average molecular weight is 337 g/mol. The van der Waals surface area contributed by atoms with Gasteiger partial charge in [0, 0.05) is 6.54 Å². The molecule has 0 atom stereocenters. The molecular weight excluding hydrogens is 318 g/mol. The number of amides is 1. The van der Waals surface area contributed by atoms with Gasteiger partial charge in [-0.05, 0) is 30.2 Å². The fourth-order valence-corrected chi connectivity index (χ4v) is 2.72. The number of benzene rings is 2. The number of carbonyl (C=O) groups excluding carboxylic acids is 1. The lowest BCUT2D eigenvalue weighted by atomic mass is 10.1. The minimum atomic E-state index is -0.293. The van der Waals surface area contributed by atoms with Gasteiger partial charge in [0.2, 0.25) is 5.91 Å². The van der Waals surface area contributed by atoms with Crippen LogP contribution in [0.15, 0.2) is 59.5 Å². The van der Waals surface area contributed by atoms with Crippen molar-refractivity contribution in [2.45, 2.75) is 13.0 Å². The van der Waals surface area contributed by atoms with E-state index in [0.717, 1.165) is 11.3 Å². The second-order valence-electron chi connectivity index (χ2n) is 5.58. The molecular formula is C19H19N3O3. The van der Waals surface area contributed by atoms with E-state index >= 15 is 0 Å². The van der Waals surface area contributed by atoms with E-state index in [9.17, 15) is 9.59 Å². The van der Waals surface area contributed by atoms with Crippen molar-refractivity contribution in [1.29, 1.82) is 0 Å². The smallest absolute Gasteiger partial charge is 0.269 e. The molecule has 0 unspecified atom stereocenters. The minimum absolute atomic E-state index is 0.0339. The summed E-state index contributed by atoms with van der Waals surface area (Å²) >= 11 is 0. The maximum Gasteiger partial charge on any atom is 0.269 e. The molecule has 1 heterocycles. The maximum absolute atomic E-state index is 12.2. The highest BCUT2D eigenvalue weighted by molar-refractivity contribution is 5.79. The first-order chi connectivity index (χ1) is 12.2. The molecule has 0 aliphatic carbocycles. The van der Waals surface area contributed by atoms with E-state index in [4.69, 9.17) is 4.74 Å². The Labute approximate surface area is 145 Å². The van der Waals surface area contributed by atoms with Crippen molar-refractivity contribution >= 4 is 16.9 Å². The summed E-state index contributed by atoms with van der Waals surface area (Å²) in [6.07, 6.45) is 1.90. The Hall–Kier alpha value is -3.15. The van der Waals surface area contributed by atoms with Crippen molar-refractivity contribution in [2.24, 2.45) is 0 Å². The molecule has 1 amide bonds. The molecule has 25 heavy (non-hydrogen) atoms. The highest BCUT2D eigenvalue weighted by atomic mass is 16.5. The normalized spacial score (nSPS) is 10.6. The summed E-state index contributed by atoms with van der Waals surface area (Å²) < 4.78 is 6.73. The van der Waals surface area contributed by atoms with Crippen LogP contribution in [-0.4, -0.2) is 29.1 Å². The van der Waals surface area contributed by atoms with Crippen LogP contribution in [0.5, 0.6) is 5.75 Å². The Morgan fingerprint density at radius 3 is 2.76 bits per heavy atom. The van der Waals surface area contributed by atoms with Gasteiger partial charge in [0.15, 0.2) is 0 Å². The van der Waals surface area contributed by atoms with Gasteiger partial charge in [-0.15, -0.1) is 0 Å². The van der Waals surface area contributed by atoms with Crippen molar-refractivity contribution in [2.75, 3.05) is 13.7 Å². The predicted molar refractivity (Wildman–Crippen MR) is 95.7 cm³/mol. The van der Waals surface area contributed by atoms with Crippen molar-refractivity contribution in [3.8, 4) is 5.75 Å². The topological polar surface area (TPSA) is 73.2 Å². The molecule has 0 spiro atoms. The maximum atomic E-state index is 12.2. The fourth-order valence-electron chi connectivity index (χ4n) is 2.72. The summed E-state index contributed by atoms with van der Waals surface area (Å²) in [5, 5.41) is 2.85. The highest BCUT2D eigenvalue weighted by Crippen LogP contribution is 2.17. The first-order valence-electron chi connectivity index (χ1n) is 8.02. The zero-order chi connectivity index (χ0) is 17.6. The SMILES string of the molecule is COc1ccccc1CCNC(=O)Cn1c(=O)cnc2ccccc21. The van der Waals surface area contributed by atoms with E-state index in [-0.39, 0.29) is 18.0 Å². The molecule has 6 heteroatoms. The van der Waals surface area contributed by atoms with Crippen LogP contribution < -0.4 is 15.6 Å². The summed E-state index contributed by atoms with van der Waals surface area (Å²) in [5.41, 5.74) is 2.06. The predicted octanol–water partition coefficient (Wildman–Crippen LogP) is 1.76. The van der Waals surface area contributed by atoms with Gasteiger partial charge in [-0.3, -0.25) is 14.2 Å². The first-order valence-corrected chi connectivity index (χ1v) is 8.02. The summed E-state index contributed by atoms with van der Waals surface area (Å²) in [5.74, 6) is 0.585. The number of para-hydroxylation sites is 3. The Balaban J connectivity index is 1.66. The van der Waals surface area contributed by atoms with Crippen LogP contribution in [-0.2, 0) is 17.8 Å². The van der Waals surface area contributed by atoms with E-state index in [2.05, 4.69) is 10.3 Å². The second-order valence-corrected chi connectivity index (χ2v) is 5.58. The zero-order valence-corrected chi connectivity index (χ0v) is 13.9. The lowest BCUT2D eigenvalue weighted by Gasteiger charge is -2.11. The second kappa shape index (κ2) is 7.61. The Bertz CT molecular complexity index is 950. The first kappa shape index (κ1) is 16.7. The van der Waals surface area contributed by atoms with Crippen LogP contribution in [0.2, 0.25) is 0 Å². The number of nitrogens with zero attached hydrogens (tertiary/aromatic N) is 2. The third kappa shape index (κ3) is 3.85. The summed E-state index contributed by atoms with van der Waals surface area (Å²) in [7, 11) is 1.62. The molecule has 0 radical (unpaired) electrons. The largest absolute Gasteiger partial charge is 0.496 e. The Morgan fingerprint density at radius 2 is 1.92 bits per heavy atom. The third-order valence-electron chi connectivity index (χ3n) is 3.96. The lowest BCUT2D eigenvalue weighted by molar-refractivity contribution is -0.121. The number of fused-ring (bicyclic) bond motifs is 1. The molecule has 0 aliphatic rings. The minimum Gasteiger partial charge on any atom is -0.496 e. The number of carbonyl (C=O) groups is 1. The molecule has 0 aliphatic heterocycles. The van der Waals surface area contributed by atoms with Crippen molar-refractivity contribution in [1.82, 2.24) is 14.9 Å². The number of rotatable bonds is 6. The molecule has 128 valence electrons. The van der Waals surface area contributed by atoms with Gasteiger partial charge in [-0.2, -0.15) is 0 Å². The van der Waals surface area contributed by atoms with E-state index in [1.54, 1.807) is 13.2 Å². The molecule has 6 nitrogen and oxygen atoms in total. The standard InChI is InChI=1S/C19H19N3O3/c1-25-17-9-5-2-6-14(17)10-11-20-18(23)13-22-16-8-4-3-7-15(16)21-12-19(22)24/h2-9,12H,10-11,13H2,1H3,(H,20,23). The van der Waals surface area contributed by atoms with Gasteiger partial charge < -0.3 is 10.1 Å². The lowest BCUT2D eigenvalue weighted by Crippen LogP contribution is -2.33. The van der Waals surface area contributed by atoms with E-state index < -0.39 is 0 Å². The molecule has 0 saturated carbocycles. The fraction of sp³-hybridized carbons (Fsp3) is 0.211. The van der Waals surface area contributed by atoms with Gasteiger partial charge in [-0.25, -0.2) is 4.98 Å². The number of hydrogen-bond donors (Lipinski definition) is 1. The van der Waals surface area contributed by atoms with Crippen LogP contribution in [0.1, 0.15) is 5.56 Å². The van der Waals surface area contributed by atoms with E-state index in [1.807, 2.05) is 42.5 Å². The van der Waals surface area contributed by atoms with Crippen LogP contribution in [0.3, 0.4) is 0 Å². The number of nitrogens with one attached hydrogen (secondary N) is 1.